The zero-order valence-electron chi connectivity index (χ0n) is 21.7. The number of carbonyl (C=O) groups excluding carboxylic acids is 2. The van der Waals surface area contributed by atoms with Gasteiger partial charge in [0.1, 0.15) is 12.4 Å². The number of fused-ring (bicyclic) bond motifs is 2. The Kier molecular flexibility index (Phi) is 6.99. The highest BCUT2D eigenvalue weighted by Crippen LogP contribution is 2.42. The minimum atomic E-state index is -0.295. The van der Waals surface area contributed by atoms with E-state index in [1.165, 1.54) is 6.42 Å². The summed E-state index contributed by atoms with van der Waals surface area (Å²) in [5.41, 5.74) is 3.92. The van der Waals surface area contributed by atoms with Gasteiger partial charge in [0.2, 0.25) is 11.8 Å². The highest BCUT2D eigenvalue weighted by atomic mass is 35.5. The second-order valence-electron chi connectivity index (χ2n) is 10.7. The number of ether oxygens (including phenoxy) is 1. The summed E-state index contributed by atoms with van der Waals surface area (Å²) in [6.45, 7) is 3.89. The number of benzene rings is 1. The summed E-state index contributed by atoms with van der Waals surface area (Å²) in [7, 11) is 0. The number of amides is 2. The molecule has 1 saturated carbocycles. The van der Waals surface area contributed by atoms with Crippen LogP contribution in [0.4, 0.5) is 0 Å². The number of aryl methyl sites for hydroxylation is 1. The van der Waals surface area contributed by atoms with Crippen LogP contribution in [0.15, 0.2) is 28.8 Å². The number of hydrogen-bond donors (Lipinski definition) is 0. The molecule has 1 saturated heterocycles. The minimum Gasteiger partial charge on any atom is -0.487 e. The minimum absolute atomic E-state index is 0.0481. The van der Waals surface area contributed by atoms with Crippen molar-refractivity contribution in [2.24, 2.45) is 5.92 Å². The van der Waals surface area contributed by atoms with Gasteiger partial charge in [-0.05, 0) is 62.4 Å². The van der Waals surface area contributed by atoms with E-state index in [1.54, 1.807) is 0 Å². The number of aromatic nitrogens is 2. The predicted octanol–water partition coefficient (Wildman–Crippen LogP) is 5.39. The molecule has 200 valence electrons. The van der Waals surface area contributed by atoms with E-state index in [9.17, 15) is 9.59 Å². The molecule has 9 heteroatoms. The molecular formula is C29H33ClN4O4. The van der Waals surface area contributed by atoms with Crippen LogP contribution >= 0.6 is 11.6 Å². The molecule has 38 heavy (non-hydrogen) atoms. The molecule has 0 bridgehead atoms. The molecule has 1 atom stereocenters. The third-order valence-electron chi connectivity index (χ3n) is 8.33. The highest BCUT2D eigenvalue weighted by molar-refractivity contribution is 6.31. The van der Waals surface area contributed by atoms with Crippen molar-refractivity contribution < 1.29 is 18.8 Å². The topological polar surface area (TPSA) is 88.8 Å². The Labute approximate surface area is 227 Å². The average molecular weight is 537 g/mol. The Bertz CT molecular complexity index is 1370. The Morgan fingerprint density at radius 1 is 1.11 bits per heavy atom. The van der Waals surface area contributed by atoms with E-state index >= 15 is 0 Å². The third kappa shape index (κ3) is 4.75. The lowest BCUT2D eigenvalue weighted by Crippen LogP contribution is -2.48. The fourth-order valence-corrected chi connectivity index (χ4v) is 6.53. The predicted molar refractivity (Wildman–Crippen MR) is 143 cm³/mol. The number of hydrogen-bond acceptors (Lipinski definition) is 6. The maximum absolute atomic E-state index is 13.9. The Morgan fingerprint density at radius 3 is 2.74 bits per heavy atom. The van der Waals surface area contributed by atoms with E-state index in [1.807, 2.05) is 41.0 Å². The van der Waals surface area contributed by atoms with Crippen LogP contribution in [-0.4, -0.2) is 51.4 Å². The van der Waals surface area contributed by atoms with Gasteiger partial charge in [-0.2, -0.15) is 0 Å². The smallest absolute Gasteiger partial charge is 0.258 e. The van der Waals surface area contributed by atoms with Gasteiger partial charge >= 0.3 is 0 Å². The van der Waals surface area contributed by atoms with E-state index in [0.717, 1.165) is 60.0 Å². The van der Waals surface area contributed by atoms with Crippen LogP contribution in [0.5, 0.6) is 5.75 Å². The van der Waals surface area contributed by atoms with Crippen molar-refractivity contribution in [3.8, 4) is 5.75 Å². The van der Waals surface area contributed by atoms with Gasteiger partial charge in [0.05, 0.1) is 22.8 Å². The van der Waals surface area contributed by atoms with Crippen LogP contribution in [-0.2, 0) is 22.6 Å². The second-order valence-corrected chi connectivity index (χ2v) is 11.1. The normalized spacial score (nSPS) is 20.3. The second kappa shape index (κ2) is 10.6. The van der Waals surface area contributed by atoms with Crippen molar-refractivity contribution in [3.63, 3.8) is 0 Å². The third-order valence-corrected chi connectivity index (χ3v) is 8.68. The molecule has 3 aliphatic rings. The molecule has 6 rings (SSSR count). The van der Waals surface area contributed by atoms with Gasteiger partial charge in [0.15, 0.2) is 0 Å². The first-order valence-electron chi connectivity index (χ1n) is 13.7. The van der Waals surface area contributed by atoms with Crippen LogP contribution < -0.4 is 4.74 Å². The Balaban J connectivity index is 1.33. The molecule has 2 amide bonds. The van der Waals surface area contributed by atoms with Crippen LogP contribution in [0.25, 0.3) is 11.1 Å². The van der Waals surface area contributed by atoms with Crippen molar-refractivity contribution in [1.82, 2.24) is 19.9 Å². The molecule has 8 nitrogen and oxygen atoms in total. The van der Waals surface area contributed by atoms with E-state index in [2.05, 4.69) is 10.1 Å². The van der Waals surface area contributed by atoms with Crippen molar-refractivity contribution in [2.75, 3.05) is 19.6 Å². The number of likely N-dealkylation sites (tertiary alicyclic amines) is 1. The molecular weight excluding hydrogens is 504 g/mol. The first kappa shape index (κ1) is 25.2. The fraction of sp³-hybridized carbons (Fsp3) is 0.517. The monoisotopic (exact) mass is 536 g/mol. The number of carbonyl (C=O) groups is 2. The summed E-state index contributed by atoms with van der Waals surface area (Å²) >= 11 is 6.71. The summed E-state index contributed by atoms with van der Waals surface area (Å²) in [6, 6.07) is 7.30. The molecule has 0 unspecified atom stereocenters. The quantitative estimate of drug-likeness (QED) is 0.419. The Hall–Kier alpha value is -3.13. The van der Waals surface area contributed by atoms with E-state index in [0.29, 0.717) is 49.0 Å². The van der Waals surface area contributed by atoms with Crippen LogP contribution in [0.3, 0.4) is 0 Å². The molecule has 2 aromatic heterocycles. The lowest BCUT2D eigenvalue weighted by atomic mass is 9.85. The van der Waals surface area contributed by atoms with E-state index in [-0.39, 0.29) is 30.4 Å². The average Bonchev–Trinajstić information content (AvgIpc) is 3.52. The number of halogens is 1. The highest BCUT2D eigenvalue weighted by Gasteiger charge is 2.39. The molecule has 0 radical (unpaired) electrons. The fourth-order valence-electron chi connectivity index (χ4n) is 6.27. The van der Waals surface area contributed by atoms with Gasteiger partial charge in [-0.25, -0.2) is 4.98 Å². The van der Waals surface area contributed by atoms with Gasteiger partial charge < -0.3 is 19.1 Å². The van der Waals surface area contributed by atoms with Gasteiger partial charge in [0, 0.05) is 42.6 Å². The zero-order valence-corrected chi connectivity index (χ0v) is 22.5. The SMILES string of the molecule is Cc1noc2nc(COc3ccc(Cl)c4c3[C@@H](CN3CCCC3=O)N(C(=O)C3CCCCC3)CC4)ccc12. The molecule has 1 aliphatic carbocycles. The summed E-state index contributed by atoms with van der Waals surface area (Å²) in [6.07, 6.45) is 7.33. The van der Waals surface area contributed by atoms with Crippen molar-refractivity contribution >= 4 is 34.5 Å². The first-order valence-corrected chi connectivity index (χ1v) is 14.1. The molecule has 3 aromatic rings. The van der Waals surface area contributed by atoms with E-state index in [4.69, 9.17) is 20.9 Å². The number of pyridine rings is 1. The maximum Gasteiger partial charge on any atom is 0.258 e. The Morgan fingerprint density at radius 2 is 1.95 bits per heavy atom. The summed E-state index contributed by atoms with van der Waals surface area (Å²) in [5, 5.41) is 5.54. The summed E-state index contributed by atoms with van der Waals surface area (Å²) in [5.74, 6) is 1.07. The van der Waals surface area contributed by atoms with E-state index < -0.39 is 0 Å². The van der Waals surface area contributed by atoms with Crippen LogP contribution in [0.2, 0.25) is 5.02 Å². The molecule has 1 aromatic carbocycles. The molecule has 2 fully saturated rings. The summed E-state index contributed by atoms with van der Waals surface area (Å²) in [4.78, 5) is 35.0. The standard InChI is InChI=1S/C29H33ClN4O4/c1-18-21-10-9-20(31-28(21)38-32-18)17-37-25-12-11-23(30)22-13-15-34(29(36)19-6-3-2-4-7-19)24(27(22)25)16-33-14-5-8-26(33)35/h9-12,19,24H,2-8,13-17H2,1H3/t24-/m1/s1. The van der Waals surface area contributed by atoms with Crippen molar-refractivity contribution in [1.29, 1.82) is 0 Å². The lowest BCUT2D eigenvalue weighted by Gasteiger charge is -2.42. The zero-order chi connectivity index (χ0) is 26.2. The largest absolute Gasteiger partial charge is 0.487 e. The molecule has 0 N–H and O–H groups in total. The maximum atomic E-state index is 13.9. The van der Waals surface area contributed by atoms with Crippen LogP contribution in [0, 0.1) is 12.8 Å². The summed E-state index contributed by atoms with van der Waals surface area (Å²) < 4.78 is 11.7. The van der Waals surface area contributed by atoms with Gasteiger partial charge in [0.25, 0.3) is 5.71 Å². The van der Waals surface area contributed by atoms with Crippen molar-refractivity contribution in [3.05, 3.63) is 51.8 Å². The lowest BCUT2D eigenvalue weighted by molar-refractivity contribution is -0.141. The first-order chi connectivity index (χ1) is 18.5. The van der Waals surface area contributed by atoms with Crippen molar-refractivity contribution in [2.45, 2.75) is 70.9 Å². The van der Waals surface area contributed by atoms with Gasteiger partial charge in [-0.1, -0.05) is 36.0 Å². The van der Waals surface area contributed by atoms with Gasteiger partial charge in [-0.3, -0.25) is 9.59 Å². The molecule has 0 spiro atoms. The number of nitrogens with zero attached hydrogens (tertiary/aromatic N) is 4. The van der Waals surface area contributed by atoms with Crippen LogP contribution in [0.1, 0.15) is 73.5 Å². The molecule has 4 heterocycles. The van der Waals surface area contributed by atoms with Gasteiger partial charge in [-0.15, -0.1) is 0 Å². The number of rotatable bonds is 6. The molecule has 2 aliphatic heterocycles.